The molecule has 1 aromatic carbocycles. The molecule has 0 radical (unpaired) electrons. The van der Waals surface area contributed by atoms with Crippen LogP contribution in [0.3, 0.4) is 0 Å². The van der Waals surface area contributed by atoms with E-state index in [9.17, 15) is 9.59 Å². The molecule has 3 rings (SSSR count). The summed E-state index contributed by atoms with van der Waals surface area (Å²) in [6, 6.07) is 10.4. The first-order chi connectivity index (χ1) is 10.9. The lowest BCUT2D eigenvalue weighted by molar-refractivity contribution is -0.140. The molecular weight excluding hydrogens is 290 g/mol. The van der Waals surface area contributed by atoms with Crippen molar-refractivity contribution in [1.29, 1.82) is 0 Å². The maximum atomic E-state index is 12.9. The maximum absolute atomic E-state index is 12.9. The van der Waals surface area contributed by atoms with Crippen LogP contribution in [0.25, 0.3) is 0 Å². The smallest absolute Gasteiger partial charge is 0.231 e. The molecule has 0 bridgehead atoms. The number of hydrogen-bond donors (Lipinski definition) is 0. The molecule has 1 aromatic rings. The van der Waals surface area contributed by atoms with E-state index in [2.05, 4.69) is 17.0 Å². The fourth-order valence-corrected chi connectivity index (χ4v) is 4.12. The summed E-state index contributed by atoms with van der Waals surface area (Å²) in [7, 11) is 3.62. The molecule has 2 amide bonds. The average molecular weight is 315 g/mol. The van der Waals surface area contributed by atoms with E-state index in [1.54, 1.807) is 11.8 Å². The van der Waals surface area contributed by atoms with Gasteiger partial charge in [0.1, 0.15) is 0 Å². The van der Waals surface area contributed by atoms with Crippen LogP contribution in [0.5, 0.6) is 0 Å². The third-order valence-corrected chi connectivity index (χ3v) is 5.21. The third-order valence-electron chi connectivity index (χ3n) is 5.21. The molecule has 0 aliphatic carbocycles. The van der Waals surface area contributed by atoms with Gasteiger partial charge in [-0.2, -0.15) is 0 Å². The van der Waals surface area contributed by atoms with Crippen LogP contribution in [0.15, 0.2) is 30.3 Å². The van der Waals surface area contributed by atoms with Crippen LogP contribution in [0.2, 0.25) is 0 Å². The van der Waals surface area contributed by atoms with Gasteiger partial charge in [0.15, 0.2) is 0 Å². The van der Waals surface area contributed by atoms with E-state index in [0.717, 1.165) is 19.6 Å². The Bertz CT molecular complexity index is 602. The first-order valence-corrected chi connectivity index (χ1v) is 8.16. The Morgan fingerprint density at radius 3 is 2.48 bits per heavy atom. The van der Waals surface area contributed by atoms with Crippen LogP contribution in [0, 0.1) is 11.3 Å². The van der Waals surface area contributed by atoms with Crippen molar-refractivity contribution >= 4 is 11.8 Å². The Kier molecular flexibility index (Phi) is 4.15. The molecule has 2 unspecified atom stereocenters. The second kappa shape index (κ2) is 5.96. The van der Waals surface area contributed by atoms with Gasteiger partial charge in [0.05, 0.1) is 5.41 Å². The van der Waals surface area contributed by atoms with Gasteiger partial charge in [0.2, 0.25) is 11.8 Å². The van der Waals surface area contributed by atoms with Gasteiger partial charge in [-0.15, -0.1) is 0 Å². The van der Waals surface area contributed by atoms with Crippen molar-refractivity contribution in [2.45, 2.75) is 13.5 Å². The van der Waals surface area contributed by atoms with Crippen LogP contribution in [0.1, 0.15) is 12.5 Å². The van der Waals surface area contributed by atoms with Crippen molar-refractivity contribution in [2.75, 3.05) is 40.3 Å². The molecule has 0 aromatic heterocycles. The SMILES string of the molecule is CC(=O)N1CC2CN(Cc3ccccc3)CC2(C(=O)N(C)C)C1. The number of hydrogen-bond acceptors (Lipinski definition) is 3. The summed E-state index contributed by atoms with van der Waals surface area (Å²) in [6.45, 7) is 5.30. The summed E-state index contributed by atoms with van der Waals surface area (Å²) in [6.07, 6.45) is 0. The summed E-state index contributed by atoms with van der Waals surface area (Å²) in [5.41, 5.74) is 0.826. The monoisotopic (exact) mass is 315 g/mol. The quantitative estimate of drug-likeness (QED) is 0.838. The minimum Gasteiger partial charge on any atom is -0.348 e. The van der Waals surface area contributed by atoms with Crippen LogP contribution in [-0.2, 0) is 16.1 Å². The molecular formula is C18H25N3O2. The highest BCUT2D eigenvalue weighted by molar-refractivity contribution is 5.86. The molecule has 2 heterocycles. The van der Waals surface area contributed by atoms with Gasteiger partial charge in [-0.05, 0) is 5.56 Å². The summed E-state index contributed by atoms with van der Waals surface area (Å²) < 4.78 is 0. The predicted octanol–water partition coefficient (Wildman–Crippen LogP) is 1.06. The van der Waals surface area contributed by atoms with Gasteiger partial charge < -0.3 is 9.80 Å². The van der Waals surface area contributed by atoms with Gasteiger partial charge in [0.25, 0.3) is 0 Å². The molecule has 5 heteroatoms. The molecule has 2 aliphatic heterocycles. The lowest BCUT2D eigenvalue weighted by Gasteiger charge is -2.30. The zero-order valence-electron chi connectivity index (χ0n) is 14.2. The van der Waals surface area contributed by atoms with Crippen LogP contribution < -0.4 is 0 Å². The molecule has 0 N–H and O–H groups in total. The minimum absolute atomic E-state index is 0.0694. The first kappa shape index (κ1) is 16.0. The number of amides is 2. The number of rotatable bonds is 3. The highest BCUT2D eigenvalue weighted by atomic mass is 16.2. The minimum atomic E-state index is -0.441. The molecule has 5 nitrogen and oxygen atoms in total. The highest BCUT2D eigenvalue weighted by Gasteiger charge is 2.58. The molecule has 0 saturated carbocycles. The Morgan fingerprint density at radius 1 is 1.17 bits per heavy atom. The maximum Gasteiger partial charge on any atom is 0.231 e. The summed E-state index contributed by atoms with van der Waals surface area (Å²) in [5, 5.41) is 0. The molecule has 0 spiro atoms. The second-order valence-corrected chi connectivity index (χ2v) is 7.11. The van der Waals surface area contributed by atoms with E-state index in [1.807, 2.05) is 37.2 Å². The standard InChI is InChI=1S/C18H25N3O2/c1-14(22)21-11-16-10-20(9-15-7-5-4-6-8-15)12-18(16,13-21)17(23)19(2)3/h4-8,16H,9-13H2,1-3H3. The van der Waals surface area contributed by atoms with E-state index in [4.69, 9.17) is 0 Å². The van der Waals surface area contributed by atoms with Crippen molar-refractivity contribution < 1.29 is 9.59 Å². The van der Waals surface area contributed by atoms with E-state index in [-0.39, 0.29) is 17.7 Å². The van der Waals surface area contributed by atoms with Crippen molar-refractivity contribution in [3.8, 4) is 0 Å². The number of benzene rings is 1. The second-order valence-electron chi connectivity index (χ2n) is 7.11. The van der Waals surface area contributed by atoms with Gasteiger partial charge in [-0.25, -0.2) is 0 Å². The fourth-order valence-electron chi connectivity index (χ4n) is 4.12. The first-order valence-electron chi connectivity index (χ1n) is 8.16. The third kappa shape index (κ3) is 2.85. The Morgan fingerprint density at radius 2 is 1.87 bits per heavy atom. The molecule has 124 valence electrons. The zero-order chi connectivity index (χ0) is 16.6. The highest BCUT2D eigenvalue weighted by Crippen LogP contribution is 2.44. The zero-order valence-corrected chi connectivity index (χ0v) is 14.2. The van der Waals surface area contributed by atoms with Gasteiger partial charge in [0, 0.05) is 59.7 Å². The molecule has 23 heavy (non-hydrogen) atoms. The Hall–Kier alpha value is -1.88. The summed E-state index contributed by atoms with van der Waals surface area (Å²) >= 11 is 0. The largest absolute Gasteiger partial charge is 0.348 e. The molecule has 2 atom stereocenters. The van der Waals surface area contributed by atoms with Crippen molar-refractivity contribution in [2.24, 2.45) is 11.3 Å². The fraction of sp³-hybridized carbons (Fsp3) is 0.556. The van der Waals surface area contributed by atoms with Gasteiger partial charge >= 0.3 is 0 Å². The molecule has 2 aliphatic rings. The number of carbonyl (C=O) groups is 2. The normalized spacial score (nSPS) is 27.1. The summed E-state index contributed by atoms with van der Waals surface area (Å²) in [4.78, 5) is 30.5. The predicted molar refractivity (Wildman–Crippen MR) is 88.6 cm³/mol. The van der Waals surface area contributed by atoms with Gasteiger partial charge in [-0.1, -0.05) is 30.3 Å². The number of carbonyl (C=O) groups excluding carboxylic acids is 2. The summed E-state index contributed by atoms with van der Waals surface area (Å²) in [5.74, 6) is 0.451. The van der Waals surface area contributed by atoms with Crippen LogP contribution in [-0.4, -0.2) is 66.8 Å². The van der Waals surface area contributed by atoms with Gasteiger partial charge in [-0.3, -0.25) is 14.5 Å². The number of fused-ring (bicyclic) bond motifs is 1. The Balaban J connectivity index is 1.80. The van der Waals surface area contributed by atoms with E-state index >= 15 is 0 Å². The lowest BCUT2D eigenvalue weighted by atomic mass is 9.80. The van der Waals surface area contributed by atoms with E-state index in [1.165, 1.54) is 5.56 Å². The number of likely N-dealkylation sites (tertiary alicyclic amines) is 2. The molecule has 2 fully saturated rings. The average Bonchev–Trinajstić information content (AvgIpc) is 3.02. The topological polar surface area (TPSA) is 43.9 Å². The Labute approximate surface area is 137 Å². The van der Waals surface area contributed by atoms with Crippen LogP contribution >= 0.6 is 0 Å². The van der Waals surface area contributed by atoms with E-state index in [0.29, 0.717) is 13.1 Å². The van der Waals surface area contributed by atoms with E-state index < -0.39 is 5.41 Å². The van der Waals surface area contributed by atoms with Crippen LogP contribution in [0.4, 0.5) is 0 Å². The van der Waals surface area contributed by atoms with Crippen molar-refractivity contribution in [3.05, 3.63) is 35.9 Å². The molecule has 2 saturated heterocycles. The number of nitrogens with zero attached hydrogens (tertiary/aromatic N) is 3. The lowest BCUT2D eigenvalue weighted by Crippen LogP contribution is -2.47. The van der Waals surface area contributed by atoms with Crippen molar-refractivity contribution in [1.82, 2.24) is 14.7 Å². The van der Waals surface area contributed by atoms with Crippen molar-refractivity contribution in [3.63, 3.8) is 0 Å².